The molecule has 0 atom stereocenters. The average molecular weight is 336 g/mol. The second-order valence-corrected chi connectivity index (χ2v) is 6.13. The van der Waals surface area contributed by atoms with Crippen molar-refractivity contribution in [2.45, 2.75) is 11.8 Å². The maximum Gasteiger partial charge on any atom is 0.308 e. The minimum atomic E-state index is -3.86. The van der Waals surface area contributed by atoms with Crippen LogP contribution in [0.2, 0.25) is 0 Å². The Morgan fingerprint density at radius 2 is 1.74 bits per heavy atom. The molecule has 0 heterocycles. The van der Waals surface area contributed by atoms with Gasteiger partial charge < -0.3 is 4.74 Å². The SMILES string of the molecule is CC(=O)Oc1ccc(/C=N/NS(=O)(=O)c2ccc(F)cc2)cc1. The zero-order valence-electron chi connectivity index (χ0n) is 12.1. The number of carbonyl (C=O) groups excluding carboxylic acids is 1. The lowest BCUT2D eigenvalue weighted by atomic mass is 10.2. The molecule has 120 valence electrons. The van der Waals surface area contributed by atoms with Crippen LogP contribution in [0.1, 0.15) is 12.5 Å². The lowest BCUT2D eigenvalue weighted by Crippen LogP contribution is -2.18. The van der Waals surface area contributed by atoms with Crippen molar-refractivity contribution in [2.75, 3.05) is 0 Å². The molecule has 2 aromatic rings. The molecule has 8 heteroatoms. The van der Waals surface area contributed by atoms with Gasteiger partial charge in [-0.25, -0.2) is 9.22 Å². The molecule has 2 rings (SSSR count). The molecule has 0 amide bonds. The van der Waals surface area contributed by atoms with Crippen LogP contribution in [0.15, 0.2) is 58.5 Å². The van der Waals surface area contributed by atoms with E-state index in [0.29, 0.717) is 11.3 Å². The monoisotopic (exact) mass is 336 g/mol. The van der Waals surface area contributed by atoms with Gasteiger partial charge in [0.2, 0.25) is 0 Å². The number of halogens is 1. The second-order valence-electron chi connectivity index (χ2n) is 4.47. The molecule has 6 nitrogen and oxygen atoms in total. The summed E-state index contributed by atoms with van der Waals surface area (Å²) in [6.45, 7) is 1.29. The number of nitrogens with zero attached hydrogens (tertiary/aromatic N) is 1. The minimum absolute atomic E-state index is 0.0961. The van der Waals surface area contributed by atoms with Gasteiger partial charge in [0.1, 0.15) is 11.6 Å². The van der Waals surface area contributed by atoms with Crippen LogP contribution in [0.25, 0.3) is 0 Å². The highest BCUT2D eigenvalue weighted by Crippen LogP contribution is 2.12. The summed E-state index contributed by atoms with van der Waals surface area (Å²) in [6.07, 6.45) is 1.29. The number of hydrogen-bond donors (Lipinski definition) is 1. The van der Waals surface area contributed by atoms with Crippen molar-refractivity contribution in [1.82, 2.24) is 4.83 Å². The van der Waals surface area contributed by atoms with Gasteiger partial charge in [-0.05, 0) is 54.1 Å². The van der Waals surface area contributed by atoms with Crippen LogP contribution in [0.5, 0.6) is 5.75 Å². The molecule has 0 spiro atoms. The van der Waals surface area contributed by atoms with Gasteiger partial charge in [0.05, 0.1) is 11.1 Å². The summed E-state index contributed by atoms with van der Waals surface area (Å²) in [7, 11) is -3.86. The first-order valence-corrected chi connectivity index (χ1v) is 7.94. The van der Waals surface area contributed by atoms with Gasteiger partial charge in [0.15, 0.2) is 0 Å². The molecule has 0 saturated heterocycles. The van der Waals surface area contributed by atoms with Crippen LogP contribution in [0.3, 0.4) is 0 Å². The normalized spacial score (nSPS) is 11.4. The van der Waals surface area contributed by atoms with E-state index in [1.54, 1.807) is 24.3 Å². The Morgan fingerprint density at radius 3 is 2.30 bits per heavy atom. The highest BCUT2D eigenvalue weighted by Gasteiger charge is 2.12. The average Bonchev–Trinajstić information content (AvgIpc) is 2.49. The molecule has 0 aromatic heterocycles. The van der Waals surface area contributed by atoms with E-state index < -0.39 is 21.8 Å². The van der Waals surface area contributed by atoms with Crippen LogP contribution in [-0.4, -0.2) is 20.6 Å². The van der Waals surface area contributed by atoms with E-state index in [-0.39, 0.29) is 4.90 Å². The Balaban J connectivity index is 2.03. The fourth-order valence-corrected chi connectivity index (χ4v) is 2.42. The predicted octanol–water partition coefficient (Wildman–Crippen LogP) is 2.06. The lowest BCUT2D eigenvalue weighted by Gasteiger charge is -2.03. The zero-order valence-corrected chi connectivity index (χ0v) is 12.9. The molecule has 23 heavy (non-hydrogen) atoms. The van der Waals surface area contributed by atoms with Crippen LogP contribution in [-0.2, 0) is 14.8 Å². The Bertz CT molecular complexity index is 816. The molecule has 0 fully saturated rings. The first-order valence-electron chi connectivity index (χ1n) is 6.46. The first kappa shape index (κ1) is 16.6. The Labute approximate surface area is 132 Å². The first-order chi connectivity index (χ1) is 10.9. The van der Waals surface area contributed by atoms with E-state index in [4.69, 9.17) is 4.74 Å². The number of benzene rings is 2. The summed E-state index contributed by atoms with van der Waals surface area (Å²) in [6, 6.07) is 10.7. The number of esters is 1. The fraction of sp³-hybridized carbons (Fsp3) is 0.0667. The third-order valence-corrected chi connectivity index (χ3v) is 3.89. The van der Waals surface area contributed by atoms with Crippen molar-refractivity contribution >= 4 is 22.2 Å². The lowest BCUT2D eigenvalue weighted by molar-refractivity contribution is -0.131. The third-order valence-electron chi connectivity index (χ3n) is 2.65. The van der Waals surface area contributed by atoms with Gasteiger partial charge in [0.25, 0.3) is 10.0 Å². The summed E-state index contributed by atoms with van der Waals surface area (Å²) in [5, 5.41) is 3.64. The summed E-state index contributed by atoms with van der Waals surface area (Å²) >= 11 is 0. The van der Waals surface area contributed by atoms with Crippen LogP contribution in [0.4, 0.5) is 4.39 Å². The fourth-order valence-electron chi connectivity index (χ4n) is 1.62. The van der Waals surface area contributed by atoms with Gasteiger partial charge in [-0.15, -0.1) is 0 Å². The number of hydrazone groups is 1. The van der Waals surface area contributed by atoms with Gasteiger partial charge in [0, 0.05) is 6.92 Å². The Kier molecular flexibility index (Phi) is 5.07. The number of carbonyl (C=O) groups is 1. The molecule has 0 aliphatic heterocycles. The van der Waals surface area contributed by atoms with E-state index in [9.17, 15) is 17.6 Å². The van der Waals surface area contributed by atoms with E-state index in [1.165, 1.54) is 13.1 Å². The summed E-state index contributed by atoms with van der Waals surface area (Å²) in [4.78, 5) is 12.7. The molecule has 2 aromatic carbocycles. The van der Waals surface area contributed by atoms with Gasteiger partial charge in [-0.3, -0.25) is 4.79 Å². The molecule has 0 bridgehead atoms. The van der Waals surface area contributed by atoms with Crippen molar-refractivity contribution in [1.29, 1.82) is 0 Å². The number of rotatable bonds is 5. The number of nitrogens with one attached hydrogen (secondary N) is 1. The highest BCUT2D eigenvalue weighted by atomic mass is 32.2. The summed E-state index contributed by atoms with van der Waals surface area (Å²) < 4.78 is 41.5. The maximum atomic E-state index is 12.8. The van der Waals surface area contributed by atoms with Crippen molar-refractivity contribution in [3.05, 3.63) is 59.9 Å². The summed E-state index contributed by atoms with van der Waals surface area (Å²) in [5.74, 6) is -0.583. The van der Waals surface area contributed by atoms with E-state index in [0.717, 1.165) is 24.3 Å². The van der Waals surface area contributed by atoms with Crippen LogP contribution in [0, 0.1) is 5.82 Å². The molecule has 0 aliphatic carbocycles. The quantitative estimate of drug-likeness (QED) is 0.392. The van der Waals surface area contributed by atoms with Crippen molar-refractivity contribution in [3.63, 3.8) is 0 Å². The number of hydrogen-bond acceptors (Lipinski definition) is 5. The molecule has 1 N–H and O–H groups in total. The molecule has 0 radical (unpaired) electrons. The van der Waals surface area contributed by atoms with Crippen molar-refractivity contribution < 1.29 is 22.3 Å². The zero-order chi connectivity index (χ0) is 16.9. The molecular formula is C15H13FN2O4S. The molecule has 0 saturated carbocycles. The van der Waals surface area contributed by atoms with E-state index in [2.05, 4.69) is 5.10 Å². The molecule has 0 aliphatic rings. The Hall–Kier alpha value is -2.74. The third kappa shape index (κ3) is 4.89. The van der Waals surface area contributed by atoms with Crippen LogP contribution < -0.4 is 9.57 Å². The standard InChI is InChI=1S/C15H13FN2O4S/c1-11(19)22-14-6-2-12(3-7-14)10-17-18-23(20,21)15-8-4-13(16)5-9-15/h2-10,18H,1H3/b17-10+. The predicted molar refractivity (Wildman–Crippen MR) is 82.1 cm³/mol. The van der Waals surface area contributed by atoms with Gasteiger partial charge >= 0.3 is 5.97 Å². The van der Waals surface area contributed by atoms with Crippen LogP contribution >= 0.6 is 0 Å². The molecular weight excluding hydrogens is 323 g/mol. The second kappa shape index (κ2) is 7.01. The van der Waals surface area contributed by atoms with Gasteiger partial charge in [-0.1, -0.05) is 0 Å². The largest absolute Gasteiger partial charge is 0.427 e. The van der Waals surface area contributed by atoms with E-state index >= 15 is 0 Å². The smallest absolute Gasteiger partial charge is 0.308 e. The molecule has 0 unspecified atom stereocenters. The highest BCUT2D eigenvalue weighted by molar-refractivity contribution is 7.89. The maximum absolute atomic E-state index is 12.8. The topological polar surface area (TPSA) is 84.8 Å². The van der Waals surface area contributed by atoms with E-state index in [1.807, 2.05) is 4.83 Å². The van der Waals surface area contributed by atoms with Crippen molar-refractivity contribution in [3.8, 4) is 5.75 Å². The summed E-state index contributed by atoms with van der Waals surface area (Å²) in [5.41, 5.74) is 0.600. The minimum Gasteiger partial charge on any atom is -0.427 e. The number of ether oxygens (including phenoxy) is 1. The number of sulfonamides is 1. The van der Waals surface area contributed by atoms with Crippen molar-refractivity contribution in [2.24, 2.45) is 5.10 Å². The van der Waals surface area contributed by atoms with Gasteiger partial charge in [-0.2, -0.15) is 13.5 Å². The Morgan fingerprint density at radius 1 is 1.13 bits per heavy atom.